The highest BCUT2D eigenvalue weighted by atomic mass is 32.2. The number of rotatable bonds is 9. The maximum atomic E-state index is 12.8. The molecule has 1 aromatic heterocycles. The van der Waals surface area contributed by atoms with Crippen LogP contribution in [0.2, 0.25) is 0 Å². The monoisotopic (exact) mass is 431 g/mol. The van der Waals surface area contributed by atoms with E-state index in [4.69, 9.17) is 4.74 Å². The predicted molar refractivity (Wildman–Crippen MR) is 114 cm³/mol. The number of thioether (sulfide) groups is 1. The first-order valence-corrected chi connectivity index (χ1v) is 11.5. The lowest BCUT2D eigenvalue weighted by atomic mass is 9.91. The highest BCUT2D eigenvalue weighted by Crippen LogP contribution is 2.26. The normalized spacial score (nSPS) is 18.7. The zero-order valence-electron chi connectivity index (χ0n) is 17.6. The Morgan fingerprint density at radius 1 is 1.27 bits per heavy atom. The van der Waals surface area contributed by atoms with Crippen LogP contribution in [0.1, 0.15) is 52.4 Å². The number of aromatic nitrogens is 4. The van der Waals surface area contributed by atoms with Gasteiger partial charge in [0, 0.05) is 38.1 Å². The summed E-state index contributed by atoms with van der Waals surface area (Å²) in [5.74, 6) is 0.677. The molecule has 0 aliphatic heterocycles. The van der Waals surface area contributed by atoms with Gasteiger partial charge in [-0.2, -0.15) is 4.68 Å². The number of carbonyl (C=O) groups is 2. The van der Waals surface area contributed by atoms with E-state index in [2.05, 4.69) is 15.5 Å². The summed E-state index contributed by atoms with van der Waals surface area (Å²) in [6, 6.07) is 9.90. The summed E-state index contributed by atoms with van der Waals surface area (Å²) in [7, 11) is 0. The highest BCUT2D eigenvalue weighted by Gasteiger charge is 2.30. The molecular weight excluding hydrogens is 402 g/mol. The highest BCUT2D eigenvalue weighted by molar-refractivity contribution is 7.99. The van der Waals surface area contributed by atoms with Gasteiger partial charge in [-0.3, -0.25) is 9.59 Å². The summed E-state index contributed by atoms with van der Waals surface area (Å²) < 4.78 is 7.09. The molecule has 162 valence electrons. The zero-order valence-corrected chi connectivity index (χ0v) is 18.4. The number of carbonyl (C=O) groups excluding carboxylic acids is 2. The molecule has 0 saturated heterocycles. The predicted octanol–water partition coefficient (Wildman–Crippen LogP) is 3.26. The first-order chi connectivity index (χ1) is 14.6. The molecule has 2 atom stereocenters. The molecule has 0 spiro atoms. The Morgan fingerprint density at radius 2 is 2.07 bits per heavy atom. The Bertz CT molecular complexity index is 829. The Kier molecular flexibility index (Phi) is 8.24. The van der Waals surface area contributed by atoms with Crippen molar-refractivity contribution in [1.82, 2.24) is 25.1 Å². The molecule has 9 heteroatoms. The van der Waals surface area contributed by atoms with Crippen molar-refractivity contribution in [1.29, 1.82) is 0 Å². The lowest BCUT2D eigenvalue weighted by molar-refractivity contribution is -0.149. The van der Waals surface area contributed by atoms with Crippen LogP contribution in [0.3, 0.4) is 0 Å². The molecule has 0 radical (unpaired) electrons. The van der Waals surface area contributed by atoms with Gasteiger partial charge < -0.3 is 9.64 Å². The number of amides is 1. The number of esters is 1. The number of tetrazole rings is 1. The fourth-order valence-electron chi connectivity index (χ4n) is 3.91. The van der Waals surface area contributed by atoms with Gasteiger partial charge in [0.2, 0.25) is 11.1 Å². The Hall–Kier alpha value is -2.42. The molecule has 1 amide bonds. The minimum atomic E-state index is -0.245. The van der Waals surface area contributed by atoms with E-state index in [-0.39, 0.29) is 24.0 Å². The second-order valence-corrected chi connectivity index (χ2v) is 8.45. The van der Waals surface area contributed by atoms with Gasteiger partial charge in [-0.15, -0.1) is 5.10 Å². The van der Waals surface area contributed by atoms with Crippen LogP contribution in [0.25, 0.3) is 5.69 Å². The Labute approximate surface area is 181 Å². The molecule has 1 aromatic carbocycles. The second-order valence-electron chi connectivity index (χ2n) is 7.39. The maximum Gasteiger partial charge on any atom is 0.302 e. The molecule has 30 heavy (non-hydrogen) atoms. The van der Waals surface area contributed by atoms with Crippen LogP contribution in [0.4, 0.5) is 0 Å². The molecule has 0 N–H and O–H groups in total. The van der Waals surface area contributed by atoms with Crippen molar-refractivity contribution in [3.8, 4) is 5.69 Å². The first kappa shape index (κ1) is 22.3. The third-order valence-corrected chi connectivity index (χ3v) is 6.25. The van der Waals surface area contributed by atoms with Crippen LogP contribution in [-0.4, -0.2) is 61.4 Å². The van der Waals surface area contributed by atoms with Crippen LogP contribution in [-0.2, 0) is 14.3 Å². The molecular formula is C21H29N5O3S. The van der Waals surface area contributed by atoms with Gasteiger partial charge in [0.15, 0.2) is 0 Å². The van der Waals surface area contributed by atoms with E-state index >= 15 is 0 Å². The van der Waals surface area contributed by atoms with Gasteiger partial charge in [0.25, 0.3) is 0 Å². The van der Waals surface area contributed by atoms with Gasteiger partial charge in [-0.25, -0.2) is 0 Å². The lowest BCUT2D eigenvalue weighted by Gasteiger charge is -2.36. The van der Waals surface area contributed by atoms with Gasteiger partial charge >= 0.3 is 5.97 Å². The van der Waals surface area contributed by atoms with Crippen LogP contribution in [0, 0.1) is 0 Å². The van der Waals surface area contributed by atoms with Crippen LogP contribution in [0.5, 0.6) is 0 Å². The molecule has 0 bridgehead atoms. The third-order valence-electron chi connectivity index (χ3n) is 5.24. The van der Waals surface area contributed by atoms with E-state index in [9.17, 15) is 9.59 Å². The number of para-hydroxylation sites is 1. The van der Waals surface area contributed by atoms with Gasteiger partial charge in [0.1, 0.15) is 6.10 Å². The van der Waals surface area contributed by atoms with E-state index in [1.54, 1.807) is 16.4 Å². The number of hydrogen-bond acceptors (Lipinski definition) is 7. The smallest absolute Gasteiger partial charge is 0.302 e. The molecule has 3 rings (SSSR count). The topological polar surface area (TPSA) is 90.2 Å². The van der Waals surface area contributed by atoms with Crippen molar-refractivity contribution in [2.75, 3.05) is 12.3 Å². The second kappa shape index (κ2) is 11.1. The van der Waals surface area contributed by atoms with Gasteiger partial charge in [0.05, 0.1) is 5.69 Å². The number of nitrogens with zero attached hydrogens (tertiary/aromatic N) is 5. The first-order valence-electron chi connectivity index (χ1n) is 10.5. The minimum Gasteiger partial charge on any atom is -0.462 e. The number of hydrogen-bond donors (Lipinski definition) is 0. The molecule has 1 fully saturated rings. The fourth-order valence-corrected chi connectivity index (χ4v) is 4.74. The van der Waals surface area contributed by atoms with Crippen molar-refractivity contribution in [2.45, 2.75) is 69.7 Å². The summed E-state index contributed by atoms with van der Waals surface area (Å²) in [6.07, 6.45) is 4.73. The molecule has 8 nitrogen and oxygen atoms in total. The summed E-state index contributed by atoms with van der Waals surface area (Å²) in [5.41, 5.74) is 0.915. The van der Waals surface area contributed by atoms with Crippen molar-refractivity contribution in [2.24, 2.45) is 0 Å². The summed E-state index contributed by atoms with van der Waals surface area (Å²) in [5, 5.41) is 12.6. The molecule has 1 aliphatic rings. The standard InChI is InChI=1S/C21H29N5O3S/c1-3-25(18-11-7-12-19(15-18)29-16(2)27)20(28)13-8-14-30-21-22-23-24-26(21)17-9-5-4-6-10-17/h4-6,9-10,18-19H,3,7-8,11-15H2,1-2H3. The average molecular weight is 432 g/mol. The van der Waals surface area contributed by atoms with E-state index in [0.29, 0.717) is 13.0 Å². The average Bonchev–Trinajstić information content (AvgIpc) is 3.21. The molecule has 2 aromatic rings. The van der Waals surface area contributed by atoms with E-state index in [1.165, 1.54) is 6.92 Å². The summed E-state index contributed by atoms with van der Waals surface area (Å²) in [6.45, 7) is 4.13. The quantitative estimate of drug-likeness (QED) is 0.342. The molecule has 1 aliphatic carbocycles. The Morgan fingerprint density at radius 3 is 2.80 bits per heavy atom. The molecule has 2 unspecified atom stereocenters. The van der Waals surface area contributed by atoms with E-state index in [0.717, 1.165) is 48.7 Å². The Balaban J connectivity index is 1.47. The fraction of sp³-hybridized carbons (Fsp3) is 0.571. The van der Waals surface area contributed by atoms with Crippen molar-refractivity contribution in [3.63, 3.8) is 0 Å². The van der Waals surface area contributed by atoms with Crippen molar-refractivity contribution in [3.05, 3.63) is 30.3 Å². The van der Waals surface area contributed by atoms with Gasteiger partial charge in [-0.05, 0) is 55.2 Å². The van der Waals surface area contributed by atoms with Crippen LogP contribution in [0.15, 0.2) is 35.5 Å². The largest absolute Gasteiger partial charge is 0.462 e. The maximum absolute atomic E-state index is 12.8. The van der Waals surface area contributed by atoms with E-state index < -0.39 is 0 Å². The van der Waals surface area contributed by atoms with Crippen LogP contribution < -0.4 is 0 Å². The number of benzene rings is 1. The lowest BCUT2D eigenvalue weighted by Crippen LogP contribution is -2.44. The molecule has 1 heterocycles. The third kappa shape index (κ3) is 6.04. The number of ether oxygens (including phenoxy) is 1. The molecule has 1 saturated carbocycles. The van der Waals surface area contributed by atoms with Gasteiger partial charge in [-0.1, -0.05) is 30.0 Å². The van der Waals surface area contributed by atoms with E-state index in [1.807, 2.05) is 42.2 Å². The van der Waals surface area contributed by atoms with Crippen molar-refractivity contribution < 1.29 is 14.3 Å². The zero-order chi connectivity index (χ0) is 21.3. The summed E-state index contributed by atoms with van der Waals surface area (Å²) >= 11 is 1.55. The van der Waals surface area contributed by atoms with Crippen LogP contribution >= 0.6 is 11.8 Å². The summed E-state index contributed by atoms with van der Waals surface area (Å²) in [4.78, 5) is 26.0. The van der Waals surface area contributed by atoms with Crippen molar-refractivity contribution >= 4 is 23.6 Å². The SMILES string of the molecule is CCN(C(=O)CCCSc1nnnn1-c1ccccc1)C1CCCC(OC(C)=O)C1. The minimum absolute atomic E-state index is 0.0736.